The number of ether oxygens (including phenoxy) is 1. The van der Waals surface area contributed by atoms with Crippen LogP contribution in [0, 0.1) is 5.92 Å². The second-order valence-corrected chi connectivity index (χ2v) is 5.49. The second-order valence-electron chi connectivity index (χ2n) is 5.49. The molecule has 98 valence electrons. The first-order valence-corrected chi connectivity index (χ1v) is 7.04. The molecular formula is C15H22N2O. The lowest BCUT2D eigenvalue weighted by Gasteiger charge is -2.35. The van der Waals surface area contributed by atoms with Crippen LogP contribution in [-0.4, -0.2) is 26.3 Å². The Labute approximate surface area is 109 Å². The first-order chi connectivity index (χ1) is 8.83. The van der Waals surface area contributed by atoms with E-state index in [0.29, 0.717) is 0 Å². The number of rotatable bonds is 2. The molecule has 2 aliphatic heterocycles. The Balaban J connectivity index is 1.74. The van der Waals surface area contributed by atoms with E-state index in [2.05, 4.69) is 17.0 Å². The van der Waals surface area contributed by atoms with E-state index in [-0.39, 0.29) is 0 Å². The molecule has 2 N–H and O–H groups in total. The highest BCUT2D eigenvalue weighted by Gasteiger charge is 2.21. The Bertz CT molecular complexity index is 413. The molecule has 3 nitrogen and oxygen atoms in total. The summed E-state index contributed by atoms with van der Waals surface area (Å²) in [6.45, 7) is 4.24. The molecule has 18 heavy (non-hydrogen) atoms. The maximum Gasteiger partial charge on any atom is 0.0469 e. The fourth-order valence-corrected chi connectivity index (χ4v) is 3.13. The average Bonchev–Trinajstić information content (AvgIpc) is 2.40. The van der Waals surface area contributed by atoms with E-state index in [9.17, 15) is 0 Å². The van der Waals surface area contributed by atoms with E-state index in [1.165, 1.54) is 50.0 Å². The van der Waals surface area contributed by atoms with Gasteiger partial charge in [0.25, 0.3) is 0 Å². The van der Waals surface area contributed by atoms with Crippen LogP contribution in [0.4, 0.5) is 11.4 Å². The number of nitrogens with zero attached hydrogens (tertiary/aromatic N) is 1. The lowest BCUT2D eigenvalue weighted by atomic mass is 9.96. The summed E-state index contributed by atoms with van der Waals surface area (Å²) in [5, 5.41) is 0. The van der Waals surface area contributed by atoms with Gasteiger partial charge in [-0.3, -0.25) is 0 Å². The summed E-state index contributed by atoms with van der Waals surface area (Å²) >= 11 is 0. The minimum absolute atomic E-state index is 0.794. The van der Waals surface area contributed by atoms with Crippen molar-refractivity contribution in [1.29, 1.82) is 0 Å². The Hall–Kier alpha value is -1.22. The molecule has 0 aliphatic carbocycles. The molecule has 0 aromatic heterocycles. The fraction of sp³-hybridized carbons (Fsp3) is 0.600. The highest BCUT2D eigenvalue weighted by molar-refractivity contribution is 5.61. The van der Waals surface area contributed by atoms with Crippen molar-refractivity contribution in [1.82, 2.24) is 0 Å². The molecule has 1 aromatic rings. The molecule has 2 heterocycles. The molecule has 0 saturated carbocycles. The van der Waals surface area contributed by atoms with Crippen molar-refractivity contribution >= 4 is 11.4 Å². The van der Waals surface area contributed by atoms with E-state index in [1.807, 2.05) is 6.07 Å². The van der Waals surface area contributed by atoms with E-state index in [4.69, 9.17) is 10.5 Å². The van der Waals surface area contributed by atoms with Gasteiger partial charge in [-0.25, -0.2) is 0 Å². The van der Waals surface area contributed by atoms with Crippen LogP contribution in [0.15, 0.2) is 18.2 Å². The van der Waals surface area contributed by atoms with E-state index < -0.39 is 0 Å². The molecule has 0 bridgehead atoms. The summed E-state index contributed by atoms with van der Waals surface area (Å²) in [7, 11) is 0. The summed E-state index contributed by atoms with van der Waals surface area (Å²) in [6.07, 6.45) is 4.84. The Kier molecular flexibility index (Phi) is 3.41. The third-order valence-corrected chi connectivity index (χ3v) is 4.14. The van der Waals surface area contributed by atoms with Crippen molar-refractivity contribution in [2.24, 2.45) is 5.92 Å². The van der Waals surface area contributed by atoms with E-state index in [1.54, 1.807) is 0 Å². The number of anilines is 2. The van der Waals surface area contributed by atoms with Crippen molar-refractivity contribution in [2.45, 2.75) is 25.7 Å². The zero-order chi connectivity index (χ0) is 12.4. The second kappa shape index (κ2) is 5.19. The average molecular weight is 246 g/mol. The van der Waals surface area contributed by atoms with Gasteiger partial charge in [-0.15, -0.1) is 0 Å². The van der Waals surface area contributed by atoms with Crippen LogP contribution in [0.3, 0.4) is 0 Å². The van der Waals surface area contributed by atoms with Crippen LogP contribution in [0.1, 0.15) is 24.8 Å². The van der Waals surface area contributed by atoms with E-state index >= 15 is 0 Å². The van der Waals surface area contributed by atoms with Crippen LogP contribution >= 0.6 is 0 Å². The van der Waals surface area contributed by atoms with Gasteiger partial charge in [0.1, 0.15) is 0 Å². The monoisotopic (exact) mass is 246 g/mol. The number of nitrogens with two attached hydrogens (primary N) is 1. The lowest BCUT2D eigenvalue weighted by Crippen LogP contribution is -2.36. The van der Waals surface area contributed by atoms with Crippen molar-refractivity contribution in [2.75, 3.05) is 36.9 Å². The minimum atomic E-state index is 0.794. The molecule has 3 rings (SSSR count). The van der Waals surface area contributed by atoms with Gasteiger partial charge in [0.05, 0.1) is 0 Å². The maximum absolute atomic E-state index is 5.88. The molecular weight excluding hydrogens is 224 g/mol. The number of nitrogen functional groups attached to an aromatic ring is 1. The topological polar surface area (TPSA) is 38.5 Å². The SMILES string of the molecule is Nc1ccc2c(c1)CCCN2CC1CCOCC1. The summed E-state index contributed by atoms with van der Waals surface area (Å²) < 4.78 is 5.44. The predicted molar refractivity (Wildman–Crippen MR) is 74.9 cm³/mol. The summed E-state index contributed by atoms with van der Waals surface area (Å²) in [5.74, 6) is 0.794. The standard InChI is InChI=1S/C15H22N2O/c16-14-3-4-15-13(10-14)2-1-7-17(15)11-12-5-8-18-9-6-12/h3-4,10,12H,1-2,5-9,11,16H2. The minimum Gasteiger partial charge on any atom is -0.399 e. The van der Waals surface area contributed by atoms with Crippen molar-refractivity contribution < 1.29 is 4.74 Å². The van der Waals surface area contributed by atoms with Gasteiger partial charge in [-0.1, -0.05) is 0 Å². The molecule has 1 saturated heterocycles. The number of benzene rings is 1. The zero-order valence-corrected chi connectivity index (χ0v) is 10.9. The Morgan fingerprint density at radius 1 is 1.28 bits per heavy atom. The first-order valence-electron chi connectivity index (χ1n) is 7.04. The van der Waals surface area contributed by atoms with Crippen molar-refractivity contribution in [3.8, 4) is 0 Å². The molecule has 0 atom stereocenters. The molecule has 2 aliphatic rings. The van der Waals surface area contributed by atoms with Crippen LogP contribution in [0.25, 0.3) is 0 Å². The van der Waals surface area contributed by atoms with E-state index in [0.717, 1.165) is 24.8 Å². The van der Waals surface area contributed by atoms with Crippen LogP contribution in [0.2, 0.25) is 0 Å². The number of hydrogen-bond donors (Lipinski definition) is 1. The van der Waals surface area contributed by atoms with Gasteiger partial charge in [0, 0.05) is 37.7 Å². The van der Waals surface area contributed by atoms with Gasteiger partial charge in [0.15, 0.2) is 0 Å². The maximum atomic E-state index is 5.88. The third kappa shape index (κ3) is 2.46. The predicted octanol–water partition coefficient (Wildman–Crippen LogP) is 2.45. The van der Waals surface area contributed by atoms with Crippen molar-refractivity contribution in [3.63, 3.8) is 0 Å². The van der Waals surface area contributed by atoms with Crippen molar-refractivity contribution in [3.05, 3.63) is 23.8 Å². The normalized spacial score (nSPS) is 20.8. The third-order valence-electron chi connectivity index (χ3n) is 4.14. The van der Waals surface area contributed by atoms with Gasteiger partial charge in [-0.2, -0.15) is 0 Å². The number of fused-ring (bicyclic) bond motifs is 1. The highest BCUT2D eigenvalue weighted by Crippen LogP contribution is 2.30. The summed E-state index contributed by atoms with van der Waals surface area (Å²) in [5.41, 5.74) is 9.60. The summed E-state index contributed by atoms with van der Waals surface area (Å²) in [4.78, 5) is 2.55. The Morgan fingerprint density at radius 2 is 2.11 bits per heavy atom. The summed E-state index contributed by atoms with van der Waals surface area (Å²) in [6, 6.07) is 6.37. The molecule has 0 radical (unpaired) electrons. The van der Waals surface area contributed by atoms with Crippen LogP contribution < -0.4 is 10.6 Å². The quantitative estimate of drug-likeness (QED) is 0.815. The molecule has 0 spiro atoms. The van der Waals surface area contributed by atoms with Crippen LogP contribution in [0.5, 0.6) is 0 Å². The molecule has 0 unspecified atom stereocenters. The number of aryl methyl sites for hydroxylation is 1. The molecule has 0 amide bonds. The zero-order valence-electron chi connectivity index (χ0n) is 10.9. The molecule has 3 heteroatoms. The smallest absolute Gasteiger partial charge is 0.0469 e. The lowest BCUT2D eigenvalue weighted by molar-refractivity contribution is 0.0681. The largest absolute Gasteiger partial charge is 0.399 e. The fourth-order valence-electron chi connectivity index (χ4n) is 3.13. The highest BCUT2D eigenvalue weighted by atomic mass is 16.5. The van der Waals surface area contributed by atoms with Gasteiger partial charge < -0.3 is 15.4 Å². The van der Waals surface area contributed by atoms with Gasteiger partial charge in [-0.05, 0) is 55.4 Å². The van der Waals surface area contributed by atoms with Crippen LogP contribution in [-0.2, 0) is 11.2 Å². The van der Waals surface area contributed by atoms with Gasteiger partial charge in [0.2, 0.25) is 0 Å². The molecule has 1 fully saturated rings. The number of hydrogen-bond acceptors (Lipinski definition) is 3. The first kappa shape index (κ1) is 11.8. The Morgan fingerprint density at radius 3 is 2.94 bits per heavy atom. The molecule has 1 aromatic carbocycles. The van der Waals surface area contributed by atoms with Gasteiger partial charge >= 0.3 is 0 Å².